The van der Waals surface area contributed by atoms with Crippen LogP contribution in [-0.4, -0.2) is 27.3 Å². The van der Waals surface area contributed by atoms with Crippen molar-refractivity contribution >= 4 is 36.7 Å². The lowest BCUT2D eigenvalue weighted by Crippen LogP contribution is -2.32. The average molecular weight is 480 g/mol. The molecular weight excluding hydrogens is 452 g/mol. The van der Waals surface area contributed by atoms with Gasteiger partial charge in [-0.25, -0.2) is 5.06 Å². The number of carbonyl (C=O) groups excluding carboxylic acids is 1. The van der Waals surface area contributed by atoms with Gasteiger partial charge in [-0.3, -0.25) is 14.2 Å². The van der Waals surface area contributed by atoms with Crippen molar-refractivity contribution in [2.45, 2.75) is 32.0 Å². The molecule has 8 nitrogen and oxygen atoms in total. The molecule has 2 rings (SSSR count). The molecule has 0 aliphatic rings. The summed E-state index contributed by atoms with van der Waals surface area (Å²) < 4.78 is 12.0. The van der Waals surface area contributed by atoms with E-state index in [-0.39, 0.29) is 36.2 Å². The van der Waals surface area contributed by atoms with Gasteiger partial charge < -0.3 is 22.1 Å². The fraction of sp³-hybridized carbons (Fsp3) is 0.316. The standard InChI is InChI=1S/C19H22Cl2NO5P.2H3N/c1-13(15-6-4-3-5-7-15)27-22(14(2)23)11-10-19(28(24,25)26)16-8-9-17(20)18(21)12-16;;/h3-9,12-13,19H,10-11H2,1-2H3,(H2,24,25,26);2*1H3. The summed E-state index contributed by atoms with van der Waals surface area (Å²) in [5.41, 5.74) is 0.0897. The van der Waals surface area contributed by atoms with Gasteiger partial charge in [0.15, 0.2) is 0 Å². The quantitative estimate of drug-likeness (QED) is 0.288. The van der Waals surface area contributed by atoms with E-state index in [2.05, 4.69) is 0 Å². The largest absolute Gasteiger partial charge is 0.344 e. The van der Waals surface area contributed by atoms with Gasteiger partial charge in [0.1, 0.15) is 6.10 Å². The summed E-state index contributed by atoms with van der Waals surface area (Å²) in [5.74, 6) is -0.360. The number of amides is 1. The molecule has 0 heterocycles. The summed E-state index contributed by atoms with van der Waals surface area (Å²) >= 11 is 11.9. The van der Waals surface area contributed by atoms with Crippen molar-refractivity contribution in [3.63, 3.8) is 0 Å². The van der Waals surface area contributed by atoms with Crippen LogP contribution < -0.4 is 12.3 Å². The number of halogens is 2. The highest BCUT2D eigenvalue weighted by atomic mass is 35.5. The van der Waals surface area contributed by atoms with E-state index in [0.29, 0.717) is 10.6 Å². The van der Waals surface area contributed by atoms with Crippen LogP contribution in [0.1, 0.15) is 43.2 Å². The van der Waals surface area contributed by atoms with E-state index in [1.807, 2.05) is 30.3 Å². The lowest BCUT2D eigenvalue weighted by molar-refractivity contribution is -0.203. The second-order valence-corrected chi connectivity index (χ2v) is 8.96. The zero-order chi connectivity index (χ0) is 20.9. The molecule has 0 spiro atoms. The molecule has 11 heteroatoms. The van der Waals surface area contributed by atoms with E-state index in [4.69, 9.17) is 28.0 Å². The van der Waals surface area contributed by atoms with E-state index < -0.39 is 19.4 Å². The van der Waals surface area contributed by atoms with E-state index >= 15 is 0 Å². The smallest absolute Gasteiger partial charge is 0.333 e. The van der Waals surface area contributed by atoms with Crippen LogP contribution >= 0.6 is 30.8 Å². The number of carbonyl (C=O) groups is 1. The molecule has 0 bridgehead atoms. The third-order valence-electron chi connectivity index (χ3n) is 4.25. The van der Waals surface area contributed by atoms with Crippen LogP contribution in [0.4, 0.5) is 0 Å². The molecule has 2 aromatic carbocycles. The first kappa shape index (κ1) is 28.5. The van der Waals surface area contributed by atoms with Crippen molar-refractivity contribution in [3.05, 3.63) is 69.7 Å². The number of rotatable bonds is 8. The molecular formula is C19H28Cl2N3O5P. The normalized spacial score (nSPS) is 12.9. The zero-order valence-electron chi connectivity index (χ0n) is 16.9. The predicted molar refractivity (Wildman–Crippen MR) is 119 cm³/mol. The first-order chi connectivity index (χ1) is 13.1. The Morgan fingerprint density at radius 1 is 1.07 bits per heavy atom. The highest BCUT2D eigenvalue weighted by molar-refractivity contribution is 7.52. The summed E-state index contributed by atoms with van der Waals surface area (Å²) in [7, 11) is -4.51. The third kappa shape index (κ3) is 7.98. The van der Waals surface area contributed by atoms with Gasteiger partial charge in [-0.2, -0.15) is 0 Å². The van der Waals surface area contributed by atoms with Crippen molar-refractivity contribution in [2.24, 2.45) is 0 Å². The number of hydrogen-bond donors (Lipinski definition) is 4. The highest BCUT2D eigenvalue weighted by Gasteiger charge is 2.32. The first-order valence-corrected chi connectivity index (χ1v) is 11.0. The summed E-state index contributed by atoms with van der Waals surface area (Å²) in [6, 6.07) is 13.8. The van der Waals surface area contributed by atoms with Crippen LogP contribution in [0.25, 0.3) is 0 Å². The van der Waals surface area contributed by atoms with Crippen molar-refractivity contribution in [1.29, 1.82) is 0 Å². The predicted octanol–water partition coefficient (Wildman–Crippen LogP) is 5.47. The van der Waals surface area contributed by atoms with Crippen LogP contribution in [0.3, 0.4) is 0 Å². The lowest BCUT2D eigenvalue weighted by Gasteiger charge is -2.27. The molecule has 168 valence electrons. The summed E-state index contributed by atoms with van der Waals surface area (Å²) in [5, 5.41) is 1.62. The zero-order valence-corrected chi connectivity index (χ0v) is 19.3. The van der Waals surface area contributed by atoms with E-state index in [0.717, 1.165) is 10.6 Å². The number of benzene rings is 2. The van der Waals surface area contributed by atoms with Crippen molar-refractivity contribution < 1.29 is 24.0 Å². The van der Waals surface area contributed by atoms with Gasteiger partial charge in [0.05, 0.1) is 15.7 Å². The Morgan fingerprint density at radius 3 is 2.17 bits per heavy atom. The van der Waals surface area contributed by atoms with Crippen LogP contribution in [0.2, 0.25) is 10.0 Å². The molecule has 2 unspecified atom stereocenters. The molecule has 2 aromatic rings. The maximum atomic E-state index is 12.0. The molecule has 30 heavy (non-hydrogen) atoms. The van der Waals surface area contributed by atoms with Crippen LogP contribution in [-0.2, 0) is 14.2 Å². The molecule has 0 fully saturated rings. The number of hydroxylamine groups is 2. The molecule has 1 amide bonds. The van der Waals surface area contributed by atoms with Crippen LogP contribution in [0.5, 0.6) is 0 Å². The monoisotopic (exact) mass is 479 g/mol. The molecule has 0 aromatic heterocycles. The first-order valence-electron chi connectivity index (χ1n) is 8.59. The van der Waals surface area contributed by atoms with Gasteiger partial charge in [0.25, 0.3) is 0 Å². The van der Waals surface area contributed by atoms with Crippen molar-refractivity contribution in [3.8, 4) is 0 Å². The minimum Gasteiger partial charge on any atom is -0.344 e. The lowest BCUT2D eigenvalue weighted by atomic mass is 10.1. The molecule has 8 N–H and O–H groups in total. The Labute approximate surface area is 186 Å². The third-order valence-corrected chi connectivity index (χ3v) is 6.35. The second-order valence-electron chi connectivity index (χ2n) is 6.35. The molecule has 0 saturated carbocycles. The van der Waals surface area contributed by atoms with E-state index in [1.165, 1.54) is 25.1 Å². The van der Waals surface area contributed by atoms with Gasteiger partial charge >= 0.3 is 7.60 Å². The van der Waals surface area contributed by atoms with E-state index in [1.54, 1.807) is 6.92 Å². The molecule has 0 aliphatic heterocycles. The van der Waals surface area contributed by atoms with E-state index in [9.17, 15) is 19.1 Å². The maximum Gasteiger partial charge on any atom is 0.333 e. The topological polar surface area (TPSA) is 157 Å². The molecule has 0 saturated heterocycles. The van der Waals surface area contributed by atoms with Gasteiger partial charge in [-0.1, -0.05) is 59.6 Å². The Morgan fingerprint density at radius 2 is 1.67 bits per heavy atom. The van der Waals surface area contributed by atoms with Gasteiger partial charge in [0.2, 0.25) is 5.91 Å². The fourth-order valence-corrected chi connectivity index (χ4v) is 4.06. The minimum atomic E-state index is -4.51. The molecule has 2 atom stereocenters. The van der Waals surface area contributed by atoms with Gasteiger partial charge in [-0.15, -0.1) is 0 Å². The Bertz CT molecular complexity index is 867. The summed E-state index contributed by atoms with van der Waals surface area (Å²) in [6.07, 6.45) is -0.410. The SMILES string of the molecule is CC(=O)N(CCC(c1ccc(Cl)c(Cl)c1)P(=O)(O)O)OC(C)c1ccccc1.N.N. The van der Waals surface area contributed by atoms with Crippen LogP contribution in [0, 0.1) is 0 Å². The minimum absolute atomic E-state index is 0. The van der Waals surface area contributed by atoms with Crippen molar-refractivity contribution in [2.75, 3.05) is 6.54 Å². The average Bonchev–Trinajstić information content (AvgIpc) is 2.63. The number of nitrogens with zero attached hydrogens (tertiary/aromatic N) is 1. The van der Waals surface area contributed by atoms with Crippen molar-refractivity contribution in [1.82, 2.24) is 17.4 Å². The van der Waals surface area contributed by atoms with Crippen LogP contribution in [0.15, 0.2) is 48.5 Å². The molecule has 0 aliphatic carbocycles. The van der Waals surface area contributed by atoms with Gasteiger partial charge in [-0.05, 0) is 36.6 Å². The fourth-order valence-electron chi connectivity index (χ4n) is 2.75. The number of hydrogen-bond acceptors (Lipinski definition) is 5. The molecule has 0 radical (unpaired) electrons. The highest BCUT2D eigenvalue weighted by Crippen LogP contribution is 2.54. The summed E-state index contributed by atoms with van der Waals surface area (Å²) in [4.78, 5) is 37.3. The second kappa shape index (κ2) is 12.4. The van der Waals surface area contributed by atoms with Gasteiger partial charge in [0, 0.05) is 13.5 Å². The maximum absolute atomic E-state index is 12.0. The Balaban J connectivity index is 0.00000420. The summed E-state index contributed by atoms with van der Waals surface area (Å²) in [6.45, 7) is 3.14. The Kier molecular flexibility index (Phi) is 11.8. The Hall–Kier alpha value is -1.48.